The van der Waals surface area contributed by atoms with Gasteiger partial charge in [0.1, 0.15) is 6.10 Å². The van der Waals surface area contributed by atoms with Crippen molar-refractivity contribution in [2.45, 2.75) is 25.0 Å². The summed E-state index contributed by atoms with van der Waals surface area (Å²) in [6.45, 7) is 0. The molecule has 2 aromatic rings. The predicted octanol–water partition coefficient (Wildman–Crippen LogP) is 2.44. The van der Waals surface area contributed by atoms with Gasteiger partial charge in [0.2, 0.25) is 0 Å². The van der Waals surface area contributed by atoms with Crippen LogP contribution in [-0.4, -0.2) is 49.3 Å². The van der Waals surface area contributed by atoms with E-state index < -0.39 is 5.97 Å². The minimum Gasteiger partial charge on any atom is -0.493 e. The Morgan fingerprint density at radius 1 is 1.08 bits per heavy atom. The molecule has 0 N–H and O–H groups in total. The zero-order chi connectivity index (χ0) is 18.0. The molecule has 25 heavy (non-hydrogen) atoms. The Bertz CT molecular complexity index is 765. The standard InChI is InChI=1S/C18H22N2O5/c1-20-15(11-5-6-16(23-3)17(7-11)24-4)10-14(19-20)18(21)25-13-8-12(9-13)22-2/h5-7,10,12-13H,8-9H2,1-4H3. The maximum atomic E-state index is 12.3. The molecule has 1 aliphatic rings. The van der Waals surface area contributed by atoms with Crippen molar-refractivity contribution in [2.75, 3.05) is 21.3 Å². The molecule has 1 fully saturated rings. The maximum absolute atomic E-state index is 12.3. The molecule has 134 valence electrons. The first-order valence-corrected chi connectivity index (χ1v) is 8.06. The Labute approximate surface area is 146 Å². The molecule has 1 aromatic carbocycles. The van der Waals surface area contributed by atoms with Crippen LogP contribution in [0.4, 0.5) is 0 Å². The zero-order valence-corrected chi connectivity index (χ0v) is 14.8. The molecule has 7 nitrogen and oxygen atoms in total. The largest absolute Gasteiger partial charge is 0.493 e. The van der Waals surface area contributed by atoms with E-state index >= 15 is 0 Å². The Balaban J connectivity index is 1.77. The summed E-state index contributed by atoms with van der Waals surface area (Å²) >= 11 is 0. The van der Waals surface area contributed by atoms with Crippen LogP contribution in [0.5, 0.6) is 11.5 Å². The van der Waals surface area contributed by atoms with E-state index in [9.17, 15) is 4.79 Å². The van der Waals surface area contributed by atoms with Gasteiger partial charge in [-0.25, -0.2) is 4.79 Å². The third-order valence-corrected chi connectivity index (χ3v) is 4.43. The van der Waals surface area contributed by atoms with E-state index in [1.165, 1.54) is 0 Å². The molecule has 7 heteroatoms. The smallest absolute Gasteiger partial charge is 0.359 e. The molecule has 1 aliphatic carbocycles. The molecule has 3 rings (SSSR count). The van der Waals surface area contributed by atoms with Crippen molar-refractivity contribution in [1.29, 1.82) is 0 Å². The Morgan fingerprint density at radius 3 is 2.44 bits per heavy atom. The van der Waals surface area contributed by atoms with Gasteiger partial charge in [0.25, 0.3) is 0 Å². The lowest BCUT2D eigenvalue weighted by molar-refractivity contribution is -0.0643. The van der Waals surface area contributed by atoms with Crippen molar-refractivity contribution in [3.63, 3.8) is 0 Å². The van der Waals surface area contributed by atoms with Crippen molar-refractivity contribution in [3.05, 3.63) is 30.0 Å². The highest BCUT2D eigenvalue weighted by atomic mass is 16.6. The third kappa shape index (κ3) is 3.46. The lowest BCUT2D eigenvalue weighted by atomic mass is 9.92. The highest BCUT2D eigenvalue weighted by Crippen LogP contribution is 2.32. The van der Waals surface area contributed by atoms with Gasteiger partial charge in [0.15, 0.2) is 17.2 Å². The van der Waals surface area contributed by atoms with E-state index in [0.717, 1.165) is 24.1 Å². The van der Waals surface area contributed by atoms with Crippen LogP contribution in [0.1, 0.15) is 23.3 Å². The van der Waals surface area contributed by atoms with Crippen LogP contribution in [0.3, 0.4) is 0 Å². The van der Waals surface area contributed by atoms with Gasteiger partial charge < -0.3 is 18.9 Å². The number of methoxy groups -OCH3 is 3. The van der Waals surface area contributed by atoms with Crippen LogP contribution in [0.15, 0.2) is 24.3 Å². The summed E-state index contributed by atoms with van der Waals surface area (Å²) in [7, 11) is 6.62. The minimum atomic E-state index is -0.415. The number of rotatable bonds is 6. The first-order valence-electron chi connectivity index (χ1n) is 8.06. The number of benzene rings is 1. The molecular formula is C18H22N2O5. The summed E-state index contributed by atoms with van der Waals surface area (Å²) < 4.78 is 22.9. The first kappa shape index (κ1) is 17.3. The lowest BCUT2D eigenvalue weighted by Crippen LogP contribution is -2.38. The van der Waals surface area contributed by atoms with Crippen molar-refractivity contribution in [1.82, 2.24) is 9.78 Å². The summed E-state index contributed by atoms with van der Waals surface area (Å²) in [5.74, 6) is 0.845. The molecule has 0 bridgehead atoms. The third-order valence-electron chi connectivity index (χ3n) is 4.43. The molecule has 1 saturated carbocycles. The van der Waals surface area contributed by atoms with Gasteiger partial charge in [0, 0.05) is 32.6 Å². The Hall–Kier alpha value is -2.54. The zero-order valence-electron chi connectivity index (χ0n) is 14.8. The summed E-state index contributed by atoms with van der Waals surface area (Å²) in [6.07, 6.45) is 1.56. The lowest BCUT2D eigenvalue weighted by Gasteiger charge is -2.33. The minimum absolute atomic E-state index is 0.0935. The number of hydrogen-bond acceptors (Lipinski definition) is 6. The molecule has 0 atom stereocenters. The van der Waals surface area contributed by atoms with E-state index in [1.54, 1.807) is 39.1 Å². The molecular weight excluding hydrogens is 324 g/mol. The molecule has 1 heterocycles. The van der Waals surface area contributed by atoms with Crippen LogP contribution in [-0.2, 0) is 16.5 Å². The second kappa shape index (κ2) is 7.14. The quantitative estimate of drug-likeness (QED) is 0.748. The van der Waals surface area contributed by atoms with E-state index in [-0.39, 0.29) is 17.9 Å². The van der Waals surface area contributed by atoms with Crippen molar-refractivity contribution >= 4 is 5.97 Å². The van der Waals surface area contributed by atoms with E-state index in [1.807, 2.05) is 18.2 Å². The average Bonchev–Trinajstić information content (AvgIpc) is 2.98. The van der Waals surface area contributed by atoms with Gasteiger partial charge in [-0.3, -0.25) is 4.68 Å². The van der Waals surface area contributed by atoms with Crippen LogP contribution in [0.25, 0.3) is 11.3 Å². The van der Waals surface area contributed by atoms with Gasteiger partial charge in [-0.15, -0.1) is 0 Å². The molecule has 0 radical (unpaired) electrons. The molecule has 0 spiro atoms. The van der Waals surface area contributed by atoms with Gasteiger partial charge >= 0.3 is 5.97 Å². The van der Waals surface area contributed by atoms with Gasteiger partial charge in [-0.1, -0.05) is 0 Å². The van der Waals surface area contributed by atoms with Crippen molar-refractivity contribution < 1.29 is 23.7 Å². The Kier molecular flexibility index (Phi) is 4.94. The second-order valence-electron chi connectivity index (χ2n) is 5.96. The number of nitrogens with zero attached hydrogens (tertiary/aromatic N) is 2. The number of aromatic nitrogens is 2. The number of aryl methyl sites for hydroxylation is 1. The number of carbonyl (C=O) groups is 1. The molecule has 0 saturated heterocycles. The number of hydrogen-bond donors (Lipinski definition) is 0. The van der Waals surface area contributed by atoms with Gasteiger partial charge in [-0.05, 0) is 24.3 Å². The molecule has 1 aromatic heterocycles. The van der Waals surface area contributed by atoms with Crippen LogP contribution >= 0.6 is 0 Å². The maximum Gasteiger partial charge on any atom is 0.359 e. The normalized spacial score (nSPS) is 19.2. The summed E-state index contributed by atoms with van der Waals surface area (Å²) in [5.41, 5.74) is 1.94. The first-order chi connectivity index (χ1) is 12.0. The number of esters is 1. The topological polar surface area (TPSA) is 71.8 Å². The highest BCUT2D eigenvalue weighted by Gasteiger charge is 2.33. The fourth-order valence-electron chi connectivity index (χ4n) is 2.85. The number of carbonyl (C=O) groups excluding carboxylic acids is 1. The highest BCUT2D eigenvalue weighted by molar-refractivity contribution is 5.89. The summed E-state index contributed by atoms with van der Waals surface area (Å²) in [5, 5.41) is 4.27. The average molecular weight is 346 g/mol. The van der Waals surface area contributed by atoms with Gasteiger partial charge in [0.05, 0.1) is 26.0 Å². The summed E-state index contributed by atoms with van der Waals surface area (Å²) in [6, 6.07) is 7.27. The molecule has 0 aliphatic heterocycles. The Morgan fingerprint density at radius 2 is 1.80 bits per heavy atom. The van der Waals surface area contributed by atoms with Crippen LogP contribution in [0.2, 0.25) is 0 Å². The predicted molar refractivity (Wildman–Crippen MR) is 91.0 cm³/mol. The monoisotopic (exact) mass is 346 g/mol. The van der Waals surface area contributed by atoms with Gasteiger partial charge in [-0.2, -0.15) is 5.10 Å². The van der Waals surface area contributed by atoms with Crippen molar-refractivity contribution in [3.8, 4) is 22.8 Å². The van der Waals surface area contributed by atoms with Crippen LogP contribution in [0, 0.1) is 0 Å². The second-order valence-corrected chi connectivity index (χ2v) is 5.96. The SMILES string of the molecule is COc1ccc(-c2cc(C(=O)OC3CC(OC)C3)nn2C)cc1OC. The van der Waals surface area contributed by atoms with E-state index in [0.29, 0.717) is 11.5 Å². The fraction of sp³-hybridized carbons (Fsp3) is 0.444. The van der Waals surface area contributed by atoms with E-state index in [4.69, 9.17) is 18.9 Å². The number of ether oxygens (including phenoxy) is 4. The molecule has 0 unspecified atom stereocenters. The summed E-state index contributed by atoms with van der Waals surface area (Å²) in [4.78, 5) is 12.3. The fourth-order valence-corrected chi connectivity index (χ4v) is 2.85. The molecule has 0 amide bonds. The van der Waals surface area contributed by atoms with E-state index in [2.05, 4.69) is 5.10 Å². The van der Waals surface area contributed by atoms with Crippen LogP contribution < -0.4 is 9.47 Å². The van der Waals surface area contributed by atoms with Crippen molar-refractivity contribution in [2.24, 2.45) is 7.05 Å².